The van der Waals surface area contributed by atoms with Gasteiger partial charge in [-0.15, -0.1) is 0 Å². The van der Waals surface area contributed by atoms with Crippen LogP contribution in [-0.4, -0.2) is 8.42 Å². The van der Waals surface area contributed by atoms with E-state index in [0.717, 1.165) is 0 Å². The second kappa shape index (κ2) is 6.59. The van der Waals surface area contributed by atoms with Crippen molar-refractivity contribution in [2.75, 3.05) is 4.72 Å². The first-order valence-electron chi connectivity index (χ1n) is 3.08. The maximum Gasteiger partial charge on any atom is 0.222 e. The first-order valence-corrected chi connectivity index (χ1v) is 4.26. The van der Waals surface area contributed by atoms with Gasteiger partial charge in [-0.05, 0) is 12.1 Å². The summed E-state index contributed by atoms with van der Waals surface area (Å²) in [5.41, 5.74) is 0.596. The lowest BCUT2D eigenvalue weighted by Gasteiger charge is -1.94. The van der Waals surface area contributed by atoms with Gasteiger partial charge in [0, 0.05) is 5.69 Å². The van der Waals surface area contributed by atoms with Gasteiger partial charge in [0.05, 0.1) is 0 Å². The number of para-hydroxylation sites is 1. The topological polar surface area (TPSA) is 98.2 Å². The van der Waals surface area contributed by atoms with Crippen molar-refractivity contribution in [1.29, 1.82) is 0 Å². The van der Waals surface area contributed by atoms with Gasteiger partial charge in [0.25, 0.3) is 0 Å². The highest BCUT2D eigenvalue weighted by atomic mass is 32.2. The SMILES string of the molecule is NN.O=[SH](=O)Nc1ccccc1. The molecule has 0 spiro atoms. The number of hydrazine groups is 1. The van der Waals surface area contributed by atoms with Crippen molar-refractivity contribution in [1.82, 2.24) is 0 Å². The van der Waals surface area contributed by atoms with E-state index < -0.39 is 10.9 Å². The first-order chi connectivity index (χ1) is 5.79. The van der Waals surface area contributed by atoms with Crippen LogP contribution in [0.3, 0.4) is 0 Å². The Labute approximate surface area is 72.4 Å². The van der Waals surface area contributed by atoms with Crippen LogP contribution in [0.4, 0.5) is 5.69 Å². The maximum atomic E-state index is 10.1. The van der Waals surface area contributed by atoms with Gasteiger partial charge in [0.15, 0.2) is 0 Å². The van der Waals surface area contributed by atoms with E-state index in [2.05, 4.69) is 16.4 Å². The fourth-order valence-electron chi connectivity index (χ4n) is 0.618. The van der Waals surface area contributed by atoms with Crippen LogP contribution in [0.25, 0.3) is 0 Å². The molecule has 1 rings (SSSR count). The summed E-state index contributed by atoms with van der Waals surface area (Å²) < 4.78 is 22.4. The Kier molecular flexibility index (Phi) is 5.98. The highest BCUT2D eigenvalue weighted by Crippen LogP contribution is 2.03. The zero-order chi connectivity index (χ0) is 9.40. The quantitative estimate of drug-likeness (QED) is 0.285. The third kappa shape index (κ3) is 4.67. The van der Waals surface area contributed by atoms with Gasteiger partial charge in [-0.3, -0.25) is 16.4 Å². The Balaban J connectivity index is 0.000000561. The molecule has 0 unspecified atom stereocenters. The van der Waals surface area contributed by atoms with Gasteiger partial charge in [-0.1, -0.05) is 18.2 Å². The number of nitrogens with two attached hydrogens (primary N) is 2. The van der Waals surface area contributed by atoms with Crippen LogP contribution in [-0.2, 0) is 10.9 Å². The number of anilines is 1. The van der Waals surface area contributed by atoms with Gasteiger partial charge in [-0.2, -0.15) is 0 Å². The molecule has 68 valence electrons. The number of hydrogen-bond donors (Lipinski definition) is 4. The molecule has 0 atom stereocenters. The van der Waals surface area contributed by atoms with Crippen LogP contribution in [0.15, 0.2) is 30.3 Å². The van der Waals surface area contributed by atoms with E-state index in [9.17, 15) is 8.42 Å². The molecular weight excluding hydrogens is 178 g/mol. The van der Waals surface area contributed by atoms with Gasteiger partial charge in [0.1, 0.15) is 0 Å². The lowest BCUT2D eigenvalue weighted by molar-refractivity contribution is 0.619. The number of hydrogen-bond acceptors (Lipinski definition) is 4. The van der Waals surface area contributed by atoms with E-state index in [1.807, 2.05) is 6.07 Å². The Bertz CT molecular complexity index is 265. The number of rotatable bonds is 2. The molecule has 0 heterocycles. The molecule has 0 fully saturated rings. The minimum atomic E-state index is -2.53. The summed E-state index contributed by atoms with van der Waals surface area (Å²) in [6, 6.07) is 8.72. The van der Waals surface area contributed by atoms with Crippen LogP contribution < -0.4 is 16.4 Å². The van der Waals surface area contributed by atoms with E-state index in [-0.39, 0.29) is 0 Å². The summed E-state index contributed by atoms with van der Waals surface area (Å²) in [5.74, 6) is 8.00. The maximum absolute atomic E-state index is 10.1. The fourth-order valence-corrected chi connectivity index (χ4v) is 0.978. The lowest BCUT2D eigenvalue weighted by Crippen LogP contribution is -2.02. The minimum Gasteiger partial charge on any atom is -0.286 e. The second-order valence-electron chi connectivity index (χ2n) is 1.73. The van der Waals surface area contributed by atoms with Gasteiger partial charge in [0.2, 0.25) is 10.9 Å². The number of nitrogens with one attached hydrogen (secondary N) is 1. The summed E-state index contributed by atoms with van der Waals surface area (Å²) >= 11 is 0. The molecule has 0 saturated heterocycles. The monoisotopic (exact) mass is 189 g/mol. The summed E-state index contributed by atoms with van der Waals surface area (Å²) in [4.78, 5) is 0. The molecule has 5 nitrogen and oxygen atoms in total. The van der Waals surface area contributed by atoms with E-state index in [1.165, 1.54) is 0 Å². The average Bonchev–Trinajstić information content (AvgIpc) is 2.08. The van der Waals surface area contributed by atoms with E-state index in [0.29, 0.717) is 5.69 Å². The summed E-state index contributed by atoms with van der Waals surface area (Å²) in [6.45, 7) is 0. The van der Waals surface area contributed by atoms with Crippen molar-refractivity contribution in [3.05, 3.63) is 30.3 Å². The predicted molar refractivity (Wildman–Crippen MR) is 48.8 cm³/mol. The number of thiol groups is 1. The first kappa shape index (κ1) is 10.9. The Morgan fingerprint density at radius 3 is 2.00 bits per heavy atom. The summed E-state index contributed by atoms with van der Waals surface area (Å²) in [6.07, 6.45) is 0. The largest absolute Gasteiger partial charge is 0.286 e. The van der Waals surface area contributed by atoms with Gasteiger partial charge in [-0.25, -0.2) is 8.42 Å². The lowest BCUT2D eigenvalue weighted by atomic mass is 10.3. The van der Waals surface area contributed by atoms with Crippen molar-refractivity contribution in [2.24, 2.45) is 11.7 Å². The molecule has 0 amide bonds. The normalized spacial score (nSPS) is 8.58. The van der Waals surface area contributed by atoms with Gasteiger partial charge < -0.3 is 0 Å². The van der Waals surface area contributed by atoms with E-state index >= 15 is 0 Å². The molecular formula is C6H11N3O2S. The Morgan fingerprint density at radius 1 is 1.08 bits per heavy atom. The van der Waals surface area contributed by atoms with Crippen molar-refractivity contribution in [3.8, 4) is 0 Å². The van der Waals surface area contributed by atoms with Crippen molar-refractivity contribution in [3.63, 3.8) is 0 Å². The molecule has 6 heteroatoms. The molecule has 0 saturated carbocycles. The Morgan fingerprint density at radius 2 is 1.58 bits per heavy atom. The molecule has 0 radical (unpaired) electrons. The van der Waals surface area contributed by atoms with Crippen molar-refractivity contribution in [2.45, 2.75) is 0 Å². The predicted octanol–water partition coefficient (Wildman–Crippen LogP) is -0.556. The molecule has 1 aromatic rings. The highest BCUT2D eigenvalue weighted by Gasteiger charge is 1.85. The molecule has 5 N–H and O–H groups in total. The van der Waals surface area contributed by atoms with Gasteiger partial charge >= 0.3 is 0 Å². The third-order valence-corrected chi connectivity index (χ3v) is 1.43. The number of benzene rings is 1. The molecule has 0 aromatic heterocycles. The zero-order valence-electron chi connectivity index (χ0n) is 6.31. The van der Waals surface area contributed by atoms with Crippen molar-refractivity contribution < 1.29 is 8.42 Å². The molecule has 0 bridgehead atoms. The zero-order valence-corrected chi connectivity index (χ0v) is 7.20. The van der Waals surface area contributed by atoms with Crippen LogP contribution in [0.5, 0.6) is 0 Å². The standard InChI is InChI=1S/C6H7NO2S.H4N2/c8-10(9)7-6-4-2-1-3-5-6;1-2/h1-5,10H,(H,7,8,9);1-2H2. The smallest absolute Gasteiger partial charge is 0.222 e. The van der Waals surface area contributed by atoms with Crippen LogP contribution in [0.2, 0.25) is 0 Å². The molecule has 0 aliphatic carbocycles. The second-order valence-corrected chi connectivity index (χ2v) is 2.47. The summed E-state index contributed by atoms with van der Waals surface area (Å²) in [7, 11) is -2.53. The minimum absolute atomic E-state index is 0.596. The van der Waals surface area contributed by atoms with E-state index in [1.54, 1.807) is 24.3 Å². The molecule has 0 aliphatic heterocycles. The van der Waals surface area contributed by atoms with E-state index in [4.69, 9.17) is 0 Å². The molecule has 1 aromatic carbocycles. The highest BCUT2D eigenvalue weighted by molar-refractivity contribution is 7.73. The third-order valence-electron chi connectivity index (χ3n) is 0.994. The average molecular weight is 189 g/mol. The molecule has 0 aliphatic rings. The fraction of sp³-hybridized carbons (Fsp3) is 0. The van der Waals surface area contributed by atoms with Crippen LogP contribution >= 0.6 is 0 Å². The van der Waals surface area contributed by atoms with Crippen molar-refractivity contribution >= 4 is 16.6 Å². The molecule has 12 heavy (non-hydrogen) atoms. The van der Waals surface area contributed by atoms with Crippen LogP contribution in [0.1, 0.15) is 0 Å². The van der Waals surface area contributed by atoms with Crippen LogP contribution in [0, 0.1) is 0 Å². The summed E-state index contributed by atoms with van der Waals surface area (Å²) in [5, 5.41) is 0. The Hall–Kier alpha value is -1.11.